The van der Waals surface area contributed by atoms with Gasteiger partial charge >= 0.3 is 6.18 Å². The van der Waals surface area contributed by atoms with Crippen LogP contribution in [0.3, 0.4) is 0 Å². The first kappa shape index (κ1) is 15.2. The van der Waals surface area contributed by atoms with Gasteiger partial charge in [-0.2, -0.15) is 13.2 Å². The van der Waals surface area contributed by atoms with Crippen LogP contribution in [0, 0.1) is 0 Å². The van der Waals surface area contributed by atoms with E-state index in [4.69, 9.17) is 5.73 Å². The molecule has 1 rings (SSSR count). The molecule has 102 valence electrons. The third-order valence-electron chi connectivity index (χ3n) is 1.84. The van der Waals surface area contributed by atoms with E-state index in [1.54, 1.807) is 0 Å². The van der Waals surface area contributed by atoms with Gasteiger partial charge in [0.05, 0.1) is 6.42 Å². The quantitative estimate of drug-likeness (QED) is 0.867. The maximum absolute atomic E-state index is 11.9. The summed E-state index contributed by atoms with van der Waals surface area (Å²) in [7, 11) is -4.10. The summed E-state index contributed by atoms with van der Waals surface area (Å²) in [6.07, 6.45) is -4.40. The third-order valence-corrected chi connectivity index (χ3v) is 3.76. The van der Waals surface area contributed by atoms with E-state index in [0.717, 1.165) is 6.07 Å². The van der Waals surface area contributed by atoms with Crippen molar-refractivity contribution in [2.75, 3.05) is 12.3 Å². The molecule has 18 heavy (non-hydrogen) atoms. The van der Waals surface area contributed by atoms with Crippen LogP contribution in [0.5, 0.6) is 0 Å². The van der Waals surface area contributed by atoms with Gasteiger partial charge in [0.2, 0.25) is 10.0 Å². The lowest BCUT2D eigenvalue weighted by atomic mass is 10.4. The van der Waals surface area contributed by atoms with Crippen molar-refractivity contribution in [2.45, 2.75) is 17.5 Å². The van der Waals surface area contributed by atoms with Gasteiger partial charge in [-0.1, -0.05) is 0 Å². The zero-order valence-corrected chi connectivity index (χ0v) is 11.2. The van der Waals surface area contributed by atoms with Crippen molar-refractivity contribution in [3.63, 3.8) is 0 Å². The molecule has 0 radical (unpaired) electrons. The van der Waals surface area contributed by atoms with Crippen molar-refractivity contribution in [3.05, 3.63) is 16.7 Å². The summed E-state index contributed by atoms with van der Waals surface area (Å²) in [5.74, 6) is -0.280. The lowest BCUT2D eigenvalue weighted by molar-refractivity contribution is -0.132. The number of hydrogen-bond donors (Lipinski definition) is 2. The van der Waals surface area contributed by atoms with Crippen LogP contribution >= 0.6 is 15.9 Å². The summed E-state index contributed by atoms with van der Waals surface area (Å²) in [6.45, 7) is -0.752. The molecular formula is C8H9BrF3N3O2S. The number of nitrogens with zero attached hydrogens (tertiary/aromatic N) is 1. The number of nitrogen functional groups attached to an aromatic ring is 1. The Balaban J connectivity index is 2.84. The van der Waals surface area contributed by atoms with Crippen LogP contribution in [-0.2, 0) is 10.0 Å². The van der Waals surface area contributed by atoms with Crippen molar-refractivity contribution < 1.29 is 21.6 Å². The number of pyridine rings is 1. The number of hydrogen-bond acceptors (Lipinski definition) is 4. The molecule has 0 bridgehead atoms. The molecule has 1 aromatic heterocycles. The number of aromatic nitrogens is 1. The van der Waals surface area contributed by atoms with Crippen molar-refractivity contribution >= 4 is 31.8 Å². The average Bonchev–Trinajstić information content (AvgIpc) is 2.19. The Morgan fingerprint density at radius 2 is 2.06 bits per heavy atom. The number of nitrogens with two attached hydrogens (primary N) is 1. The van der Waals surface area contributed by atoms with E-state index >= 15 is 0 Å². The SMILES string of the molecule is Nc1ncc(Br)cc1S(=O)(=O)NCCC(F)(F)F. The van der Waals surface area contributed by atoms with Crippen molar-refractivity contribution in [1.29, 1.82) is 0 Å². The van der Waals surface area contributed by atoms with Crippen LogP contribution in [-0.4, -0.2) is 26.1 Å². The predicted octanol–water partition coefficient (Wildman–Crippen LogP) is 1.66. The molecule has 0 atom stereocenters. The number of sulfonamides is 1. The fraction of sp³-hybridized carbons (Fsp3) is 0.375. The van der Waals surface area contributed by atoms with Gasteiger partial charge in [0, 0.05) is 17.2 Å². The van der Waals surface area contributed by atoms with Crippen LogP contribution < -0.4 is 10.5 Å². The lowest BCUT2D eigenvalue weighted by Crippen LogP contribution is -2.28. The summed E-state index contributed by atoms with van der Waals surface area (Å²) < 4.78 is 61.2. The minimum atomic E-state index is -4.43. The highest BCUT2D eigenvalue weighted by Crippen LogP contribution is 2.22. The van der Waals surface area contributed by atoms with Crippen LogP contribution in [0.4, 0.5) is 19.0 Å². The number of anilines is 1. The zero-order chi connectivity index (χ0) is 14.0. The summed E-state index contributed by atoms with van der Waals surface area (Å²) in [6, 6.07) is 1.16. The number of alkyl halides is 3. The van der Waals surface area contributed by atoms with Crippen molar-refractivity contribution in [3.8, 4) is 0 Å². The Hall–Kier alpha value is -0.870. The summed E-state index contributed by atoms with van der Waals surface area (Å²) >= 11 is 3.00. The van der Waals surface area contributed by atoms with E-state index in [-0.39, 0.29) is 10.7 Å². The van der Waals surface area contributed by atoms with Crippen LogP contribution in [0.2, 0.25) is 0 Å². The molecule has 0 fully saturated rings. The second-order valence-electron chi connectivity index (χ2n) is 3.30. The normalized spacial score (nSPS) is 12.7. The molecule has 3 N–H and O–H groups in total. The Labute approximate surface area is 110 Å². The van der Waals surface area contributed by atoms with Crippen LogP contribution in [0.25, 0.3) is 0 Å². The Kier molecular flexibility index (Phi) is 4.56. The maximum atomic E-state index is 11.9. The number of rotatable bonds is 4. The van der Waals surface area contributed by atoms with Gasteiger partial charge in [0.15, 0.2) is 0 Å². The smallest absolute Gasteiger partial charge is 0.383 e. The van der Waals surface area contributed by atoms with E-state index in [9.17, 15) is 21.6 Å². The topological polar surface area (TPSA) is 85.1 Å². The predicted molar refractivity (Wildman–Crippen MR) is 62.2 cm³/mol. The van der Waals surface area contributed by atoms with Gasteiger partial charge in [-0.25, -0.2) is 18.1 Å². The third kappa shape index (κ3) is 4.42. The minimum Gasteiger partial charge on any atom is -0.383 e. The van der Waals surface area contributed by atoms with E-state index < -0.39 is 29.2 Å². The standard InChI is InChI=1S/C8H9BrF3N3O2S/c9-5-3-6(7(13)14-4-5)18(16,17)15-2-1-8(10,11)12/h3-4,15H,1-2H2,(H2,13,14). The maximum Gasteiger partial charge on any atom is 0.390 e. The molecule has 0 saturated carbocycles. The fourth-order valence-corrected chi connectivity index (χ4v) is 2.67. The largest absolute Gasteiger partial charge is 0.390 e. The molecule has 0 aliphatic heterocycles. The molecule has 1 aromatic rings. The Morgan fingerprint density at radius 3 is 2.61 bits per heavy atom. The highest BCUT2D eigenvalue weighted by Gasteiger charge is 2.28. The number of nitrogens with one attached hydrogen (secondary N) is 1. The number of halogens is 4. The second kappa shape index (κ2) is 5.41. The van der Waals surface area contributed by atoms with E-state index in [1.807, 2.05) is 4.72 Å². The van der Waals surface area contributed by atoms with E-state index in [1.165, 1.54) is 6.20 Å². The first-order valence-electron chi connectivity index (χ1n) is 4.59. The summed E-state index contributed by atoms with van der Waals surface area (Å²) in [4.78, 5) is 3.23. The first-order valence-corrected chi connectivity index (χ1v) is 6.87. The molecule has 0 aromatic carbocycles. The molecule has 0 unspecified atom stereocenters. The van der Waals surface area contributed by atoms with Gasteiger partial charge < -0.3 is 5.73 Å². The highest BCUT2D eigenvalue weighted by molar-refractivity contribution is 9.10. The molecule has 1 heterocycles. The summed E-state index contributed by atoms with van der Waals surface area (Å²) in [5.41, 5.74) is 5.36. The molecule has 5 nitrogen and oxygen atoms in total. The molecule has 0 spiro atoms. The van der Waals surface area contributed by atoms with Gasteiger partial charge in [0.1, 0.15) is 10.7 Å². The first-order chi connectivity index (χ1) is 8.12. The summed E-state index contributed by atoms with van der Waals surface area (Å²) in [5, 5.41) is 0. The molecule has 0 aliphatic rings. The van der Waals surface area contributed by atoms with Crippen LogP contribution in [0.15, 0.2) is 21.6 Å². The monoisotopic (exact) mass is 347 g/mol. The Morgan fingerprint density at radius 1 is 1.44 bits per heavy atom. The zero-order valence-electron chi connectivity index (χ0n) is 8.83. The average molecular weight is 348 g/mol. The van der Waals surface area contributed by atoms with Crippen LogP contribution in [0.1, 0.15) is 6.42 Å². The fourth-order valence-electron chi connectivity index (χ4n) is 1.05. The lowest BCUT2D eigenvalue weighted by Gasteiger charge is -2.10. The van der Waals surface area contributed by atoms with Gasteiger partial charge in [-0.3, -0.25) is 0 Å². The van der Waals surface area contributed by atoms with Gasteiger partial charge in [0.25, 0.3) is 0 Å². The molecule has 0 saturated heterocycles. The van der Waals surface area contributed by atoms with Crippen molar-refractivity contribution in [2.24, 2.45) is 0 Å². The molecule has 0 amide bonds. The molecule has 10 heteroatoms. The molecular weight excluding hydrogens is 339 g/mol. The highest BCUT2D eigenvalue weighted by atomic mass is 79.9. The van der Waals surface area contributed by atoms with Gasteiger partial charge in [-0.05, 0) is 22.0 Å². The molecule has 0 aliphatic carbocycles. The minimum absolute atomic E-state index is 0.280. The second-order valence-corrected chi connectivity index (χ2v) is 5.95. The van der Waals surface area contributed by atoms with Crippen molar-refractivity contribution in [1.82, 2.24) is 9.71 Å². The van der Waals surface area contributed by atoms with Gasteiger partial charge in [-0.15, -0.1) is 0 Å². The van der Waals surface area contributed by atoms with E-state index in [0.29, 0.717) is 4.47 Å². The Bertz CT molecular complexity index is 533. The van der Waals surface area contributed by atoms with E-state index in [2.05, 4.69) is 20.9 Å².